The van der Waals surface area contributed by atoms with Crippen molar-refractivity contribution in [3.8, 4) is 5.75 Å². The number of hydrogen-bond acceptors (Lipinski definition) is 4. The van der Waals surface area contributed by atoms with Crippen molar-refractivity contribution in [2.75, 3.05) is 0 Å². The smallest absolute Gasteiger partial charge is 0.197 e. The maximum absolute atomic E-state index is 6.40. The molecule has 4 heteroatoms. The molecule has 0 aliphatic heterocycles. The van der Waals surface area contributed by atoms with E-state index in [1.165, 1.54) is 20.9 Å². The van der Waals surface area contributed by atoms with Crippen molar-refractivity contribution in [3.05, 3.63) is 120 Å². The number of aryl methyl sites for hydroxylation is 3. The molecular formula is C30H29NOS2. The van der Waals surface area contributed by atoms with Crippen LogP contribution in [0.5, 0.6) is 5.75 Å². The molecule has 0 saturated heterocycles. The number of ether oxygens (including phenoxy) is 1. The van der Waals surface area contributed by atoms with E-state index in [4.69, 9.17) is 9.73 Å². The monoisotopic (exact) mass is 483 g/mol. The van der Waals surface area contributed by atoms with E-state index >= 15 is 0 Å². The Morgan fingerprint density at radius 3 is 1.94 bits per heavy atom. The highest BCUT2D eigenvalue weighted by molar-refractivity contribution is 8.17. The van der Waals surface area contributed by atoms with E-state index in [2.05, 4.69) is 112 Å². The minimum Gasteiger partial charge on any atom is -0.443 e. The summed E-state index contributed by atoms with van der Waals surface area (Å²) < 4.78 is 6.59. The molecule has 0 unspecified atom stereocenters. The fourth-order valence-electron chi connectivity index (χ4n) is 3.42. The van der Waals surface area contributed by atoms with Crippen molar-refractivity contribution in [2.24, 2.45) is 4.99 Å². The molecule has 0 atom stereocenters. The van der Waals surface area contributed by atoms with Crippen LogP contribution in [-0.2, 0) is 0 Å². The van der Waals surface area contributed by atoms with E-state index in [9.17, 15) is 0 Å². The Hall–Kier alpha value is -2.95. The van der Waals surface area contributed by atoms with Crippen LogP contribution >= 0.6 is 23.5 Å². The summed E-state index contributed by atoms with van der Waals surface area (Å²) in [6.07, 6.45) is 0.681. The van der Waals surface area contributed by atoms with Crippen LogP contribution in [0.3, 0.4) is 0 Å². The Balaban J connectivity index is 1.65. The van der Waals surface area contributed by atoms with Gasteiger partial charge in [0.2, 0.25) is 0 Å². The first-order valence-electron chi connectivity index (χ1n) is 11.4. The topological polar surface area (TPSA) is 21.6 Å². The maximum Gasteiger partial charge on any atom is 0.197 e. The second-order valence-corrected chi connectivity index (χ2v) is 11.0. The van der Waals surface area contributed by atoms with Gasteiger partial charge in [-0.25, -0.2) is 4.99 Å². The van der Waals surface area contributed by atoms with Gasteiger partial charge in [-0.1, -0.05) is 54.6 Å². The number of hydrogen-bond donors (Lipinski definition) is 0. The minimum absolute atomic E-state index is 0.194. The Bertz CT molecular complexity index is 1200. The fourth-order valence-corrected chi connectivity index (χ4v) is 5.96. The molecule has 0 fully saturated rings. The van der Waals surface area contributed by atoms with Gasteiger partial charge in [0.25, 0.3) is 0 Å². The molecule has 0 heterocycles. The lowest BCUT2D eigenvalue weighted by Crippen LogP contribution is -2.14. The van der Waals surface area contributed by atoms with Crippen LogP contribution in [0.2, 0.25) is 0 Å². The van der Waals surface area contributed by atoms with E-state index in [0.29, 0.717) is 12.3 Å². The van der Waals surface area contributed by atoms with Gasteiger partial charge in [-0.15, -0.1) is 23.5 Å². The summed E-state index contributed by atoms with van der Waals surface area (Å²) in [6.45, 7) is 6.32. The van der Waals surface area contributed by atoms with E-state index < -0.39 is 0 Å². The van der Waals surface area contributed by atoms with Crippen LogP contribution in [-0.4, -0.2) is 10.5 Å². The quantitative estimate of drug-likeness (QED) is 0.108. The van der Waals surface area contributed by atoms with Crippen molar-refractivity contribution < 1.29 is 4.74 Å². The van der Waals surface area contributed by atoms with Crippen LogP contribution in [0.4, 0.5) is 5.69 Å². The van der Waals surface area contributed by atoms with Gasteiger partial charge in [-0.05, 0) is 86.0 Å². The first kappa shape index (κ1) is 24.2. The molecule has 4 aromatic rings. The molecule has 0 aliphatic carbocycles. The summed E-state index contributed by atoms with van der Waals surface area (Å²) in [5, 5.41) is 0. The van der Waals surface area contributed by atoms with Crippen molar-refractivity contribution in [2.45, 2.75) is 41.6 Å². The molecule has 0 aromatic heterocycles. The number of rotatable bonds is 8. The first-order chi connectivity index (χ1) is 16.5. The molecule has 4 aromatic carbocycles. The number of thioether (sulfide) groups is 2. The minimum atomic E-state index is 0.194. The zero-order valence-corrected chi connectivity index (χ0v) is 21.4. The summed E-state index contributed by atoms with van der Waals surface area (Å²) >= 11 is 3.69. The number of benzene rings is 4. The first-order valence-corrected chi connectivity index (χ1v) is 13.1. The Kier molecular flexibility index (Phi) is 8.51. The molecule has 172 valence electrons. The molecular weight excluding hydrogens is 454 g/mol. The molecule has 2 nitrogen and oxygen atoms in total. The number of nitrogens with zero attached hydrogens (tertiary/aromatic N) is 1. The van der Waals surface area contributed by atoms with Gasteiger partial charge < -0.3 is 4.74 Å². The summed E-state index contributed by atoms with van der Waals surface area (Å²) in [5.41, 5.74) is 4.57. The highest BCUT2D eigenvalue weighted by atomic mass is 32.2. The van der Waals surface area contributed by atoms with Crippen LogP contribution in [0, 0.1) is 20.8 Å². The summed E-state index contributed by atoms with van der Waals surface area (Å²) in [7, 11) is 0. The highest BCUT2D eigenvalue weighted by Gasteiger charge is 2.18. The molecule has 0 bridgehead atoms. The summed E-state index contributed by atoms with van der Waals surface area (Å²) in [6, 6.07) is 35.5. The Morgan fingerprint density at radius 1 is 0.706 bits per heavy atom. The normalized spacial score (nSPS) is 11.6. The second kappa shape index (κ2) is 12.0. The predicted octanol–water partition coefficient (Wildman–Crippen LogP) is 9.02. The van der Waals surface area contributed by atoms with E-state index in [0.717, 1.165) is 17.0 Å². The molecule has 0 N–H and O–H groups in total. The molecule has 4 rings (SSSR count). The highest BCUT2D eigenvalue weighted by Crippen LogP contribution is 2.38. The van der Waals surface area contributed by atoms with Gasteiger partial charge in [-0.2, -0.15) is 0 Å². The lowest BCUT2D eigenvalue weighted by molar-refractivity contribution is 0.535. The maximum atomic E-state index is 6.40. The van der Waals surface area contributed by atoms with Crippen LogP contribution < -0.4 is 4.74 Å². The Morgan fingerprint density at radius 2 is 1.35 bits per heavy atom. The molecule has 0 radical (unpaired) electrons. The van der Waals surface area contributed by atoms with Crippen LogP contribution in [0.15, 0.2) is 118 Å². The molecule has 0 saturated carbocycles. The SMILES string of the molecule is Cc1cccc(O/C(CC(Sc2ccccc2)Sc2ccccc2)=N\c2ccc(C)c(C)c2)c1. The molecule has 0 aliphatic rings. The zero-order valence-electron chi connectivity index (χ0n) is 19.8. The lowest BCUT2D eigenvalue weighted by atomic mass is 10.1. The zero-order chi connectivity index (χ0) is 23.8. The summed E-state index contributed by atoms with van der Waals surface area (Å²) in [5.74, 6) is 1.53. The molecule has 34 heavy (non-hydrogen) atoms. The van der Waals surface area contributed by atoms with Crippen molar-refractivity contribution in [1.29, 1.82) is 0 Å². The van der Waals surface area contributed by atoms with E-state index in [1.807, 2.05) is 35.7 Å². The average Bonchev–Trinajstić information content (AvgIpc) is 2.83. The van der Waals surface area contributed by atoms with Gasteiger partial charge in [0.05, 0.1) is 10.3 Å². The number of aliphatic imine (C=N–C) groups is 1. The lowest BCUT2D eigenvalue weighted by Gasteiger charge is -2.18. The van der Waals surface area contributed by atoms with E-state index in [1.54, 1.807) is 0 Å². The third-order valence-corrected chi connectivity index (χ3v) is 7.86. The third-order valence-electron chi connectivity index (χ3n) is 5.33. The summed E-state index contributed by atoms with van der Waals surface area (Å²) in [4.78, 5) is 7.44. The van der Waals surface area contributed by atoms with Gasteiger partial charge in [0.15, 0.2) is 5.90 Å². The van der Waals surface area contributed by atoms with Crippen LogP contribution in [0.1, 0.15) is 23.1 Å². The average molecular weight is 484 g/mol. The van der Waals surface area contributed by atoms with Crippen molar-refractivity contribution in [1.82, 2.24) is 0 Å². The van der Waals surface area contributed by atoms with Crippen molar-refractivity contribution >= 4 is 35.1 Å². The van der Waals surface area contributed by atoms with Gasteiger partial charge in [-0.3, -0.25) is 0 Å². The van der Waals surface area contributed by atoms with Gasteiger partial charge in [0.1, 0.15) is 5.75 Å². The largest absolute Gasteiger partial charge is 0.443 e. The van der Waals surface area contributed by atoms with Gasteiger partial charge in [0, 0.05) is 16.2 Å². The fraction of sp³-hybridized carbons (Fsp3) is 0.167. The molecule has 0 spiro atoms. The molecule has 0 amide bonds. The van der Waals surface area contributed by atoms with Crippen LogP contribution in [0.25, 0.3) is 0 Å². The Labute approximate surface area is 211 Å². The predicted molar refractivity (Wildman–Crippen MR) is 148 cm³/mol. The van der Waals surface area contributed by atoms with Crippen molar-refractivity contribution in [3.63, 3.8) is 0 Å². The second-order valence-electron chi connectivity index (χ2n) is 8.19. The standard InChI is InChI=1S/C30H29NOS2/c1-22-11-10-12-26(19-22)32-29(31-25-18-17-23(2)24(3)20-25)21-30(33-27-13-6-4-7-14-27)34-28-15-8-5-9-16-28/h4-20,30H,21H2,1-3H3/b31-29-. The third kappa shape index (κ3) is 7.28. The van der Waals surface area contributed by atoms with E-state index in [-0.39, 0.29) is 4.58 Å². The van der Waals surface area contributed by atoms with Gasteiger partial charge >= 0.3 is 0 Å².